The Hall–Kier alpha value is -2.08. The minimum atomic E-state index is -0.413. The molecule has 1 aromatic carbocycles. The molecule has 0 aliphatic heterocycles. The molecular weight excluding hydrogens is 258 g/mol. The highest BCUT2D eigenvalue weighted by Gasteiger charge is 2.13. The van der Waals surface area contributed by atoms with E-state index in [4.69, 9.17) is 9.57 Å². The van der Waals surface area contributed by atoms with E-state index in [0.29, 0.717) is 12.6 Å². The molecule has 0 aliphatic rings. The third kappa shape index (κ3) is 3.71. The number of H-pyrrole nitrogens is 1. The first-order valence-electron chi connectivity index (χ1n) is 6.61. The summed E-state index contributed by atoms with van der Waals surface area (Å²) in [4.78, 5) is 18.2. The standard InChI is InChI=1S/C14H19N3O3/c1-10(2)16-8-11(20-17-18)9-19-14-5-3-4-13-12(14)6-7-15-13/h3-7,10-11,15-16H,8-9H2,1-2H3. The van der Waals surface area contributed by atoms with Crippen LogP contribution in [0.4, 0.5) is 0 Å². The van der Waals surface area contributed by atoms with Crippen molar-refractivity contribution in [1.82, 2.24) is 10.3 Å². The zero-order valence-corrected chi connectivity index (χ0v) is 11.6. The molecule has 2 N–H and O–H groups in total. The Balaban J connectivity index is 1.97. The Morgan fingerprint density at radius 2 is 2.20 bits per heavy atom. The van der Waals surface area contributed by atoms with Gasteiger partial charge < -0.3 is 19.9 Å². The summed E-state index contributed by atoms with van der Waals surface area (Å²) in [6.45, 7) is 4.81. The van der Waals surface area contributed by atoms with E-state index in [9.17, 15) is 4.91 Å². The van der Waals surface area contributed by atoms with Gasteiger partial charge in [0.1, 0.15) is 12.4 Å². The van der Waals surface area contributed by atoms with Gasteiger partial charge in [-0.05, 0) is 18.2 Å². The van der Waals surface area contributed by atoms with Crippen molar-refractivity contribution in [1.29, 1.82) is 0 Å². The summed E-state index contributed by atoms with van der Waals surface area (Å²) >= 11 is 0. The van der Waals surface area contributed by atoms with Crippen LogP contribution < -0.4 is 10.1 Å². The van der Waals surface area contributed by atoms with Crippen molar-refractivity contribution in [2.45, 2.75) is 26.0 Å². The number of rotatable bonds is 8. The van der Waals surface area contributed by atoms with E-state index in [1.54, 1.807) is 0 Å². The number of benzene rings is 1. The predicted molar refractivity (Wildman–Crippen MR) is 77.6 cm³/mol. The SMILES string of the molecule is CC(C)NCC(COc1cccc2[nH]ccc12)ON=O. The third-order valence-corrected chi connectivity index (χ3v) is 2.93. The topological polar surface area (TPSA) is 75.7 Å². The van der Waals surface area contributed by atoms with Gasteiger partial charge in [0.2, 0.25) is 0 Å². The minimum absolute atomic E-state index is 0.260. The van der Waals surface area contributed by atoms with Crippen LogP contribution in [0.5, 0.6) is 5.75 Å². The number of fused-ring (bicyclic) bond motifs is 1. The monoisotopic (exact) mass is 277 g/mol. The minimum Gasteiger partial charge on any atom is -0.489 e. The molecular formula is C14H19N3O3. The van der Waals surface area contributed by atoms with Gasteiger partial charge >= 0.3 is 0 Å². The normalized spacial score (nSPS) is 12.6. The first-order chi connectivity index (χ1) is 9.70. The van der Waals surface area contributed by atoms with Gasteiger partial charge in [0.25, 0.3) is 0 Å². The highest BCUT2D eigenvalue weighted by molar-refractivity contribution is 5.85. The molecule has 0 spiro atoms. The summed E-state index contributed by atoms with van der Waals surface area (Å²) in [5.74, 6) is 0.757. The summed E-state index contributed by atoms with van der Waals surface area (Å²) in [6, 6.07) is 8.03. The summed E-state index contributed by atoms with van der Waals surface area (Å²) in [5.41, 5.74) is 1.01. The second kappa shape index (κ2) is 6.91. The number of aromatic nitrogens is 1. The molecule has 108 valence electrons. The Bertz CT molecular complexity index is 553. The summed E-state index contributed by atoms with van der Waals surface area (Å²) in [5, 5.41) is 6.69. The number of ether oxygens (including phenoxy) is 1. The number of aromatic amines is 1. The lowest BCUT2D eigenvalue weighted by molar-refractivity contribution is 0.0211. The van der Waals surface area contributed by atoms with E-state index < -0.39 is 6.10 Å². The zero-order valence-electron chi connectivity index (χ0n) is 11.6. The fourth-order valence-electron chi connectivity index (χ4n) is 1.92. The molecule has 0 bridgehead atoms. The van der Waals surface area contributed by atoms with E-state index in [1.807, 2.05) is 44.3 Å². The van der Waals surface area contributed by atoms with Gasteiger partial charge in [0.05, 0.1) is 0 Å². The highest BCUT2D eigenvalue weighted by Crippen LogP contribution is 2.24. The summed E-state index contributed by atoms with van der Waals surface area (Å²) in [6.07, 6.45) is 1.45. The van der Waals surface area contributed by atoms with Gasteiger partial charge in [-0.25, -0.2) is 0 Å². The second-order valence-corrected chi connectivity index (χ2v) is 4.87. The van der Waals surface area contributed by atoms with Crippen LogP contribution in [0.25, 0.3) is 10.9 Å². The molecule has 0 aliphatic carbocycles. The van der Waals surface area contributed by atoms with Crippen molar-refractivity contribution in [3.05, 3.63) is 35.4 Å². The van der Waals surface area contributed by atoms with Gasteiger partial charge in [-0.2, -0.15) is 0 Å². The van der Waals surface area contributed by atoms with Crippen LogP contribution in [0.3, 0.4) is 0 Å². The van der Waals surface area contributed by atoms with Crippen molar-refractivity contribution in [3.8, 4) is 5.75 Å². The Morgan fingerprint density at radius 1 is 1.35 bits per heavy atom. The van der Waals surface area contributed by atoms with Crippen LogP contribution in [0, 0.1) is 4.91 Å². The Morgan fingerprint density at radius 3 is 2.95 bits per heavy atom. The molecule has 1 unspecified atom stereocenters. The molecule has 1 atom stereocenters. The van der Waals surface area contributed by atoms with Crippen molar-refractivity contribution in [2.75, 3.05) is 13.2 Å². The summed E-state index contributed by atoms with van der Waals surface area (Å²) in [7, 11) is 0. The maximum atomic E-state index is 10.3. The van der Waals surface area contributed by atoms with E-state index in [0.717, 1.165) is 16.7 Å². The molecule has 0 radical (unpaired) electrons. The van der Waals surface area contributed by atoms with Gasteiger partial charge in [0, 0.05) is 29.7 Å². The maximum Gasteiger partial charge on any atom is 0.176 e. The quantitative estimate of drug-likeness (QED) is 0.574. The smallest absolute Gasteiger partial charge is 0.176 e. The first-order valence-corrected chi connectivity index (χ1v) is 6.61. The van der Waals surface area contributed by atoms with Crippen molar-refractivity contribution in [2.24, 2.45) is 5.34 Å². The molecule has 0 amide bonds. The van der Waals surface area contributed by atoms with Crippen LogP contribution in [-0.4, -0.2) is 30.3 Å². The fourth-order valence-corrected chi connectivity index (χ4v) is 1.92. The molecule has 1 heterocycles. The maximum absolute atomic E-state index is 10.3. The highest BCUT2D eigenvalue weighted by atomic mass is 16.7. The van der Waals surface area contributed by atoms with Gasteiger partial charge in [-0.1, -0.05) is 19.9 Å². The average molecular weight is 277 g/mol. The Labute approximate surface area is 117 Å². The molecule has 6 heteroatoms. The van der Waals surface area contributed by atoms with Crippen LogP contribution in [0.15, 0.2) is 35.8 Å². The number of hydrogen-bond acceptors (Lipinski definition) is 5. The molecule has 0 saturated carbocycles. The van der Waals surface area contributed by atoms with Crippen LogP contribution in [0.1, 0.15) is 13.8 Å². The number of hydrogen-bond donors (Lipinski definition) is 2. The molecule has 2 aromatic rings. The molecule has 6 nitrogen and oxygen atoms in total. The number of nitrogens with one attached hydrogen (secondary N) is 2. The van der Waals surface area contributed by atoms with Gasteiger partial charge in [0.15, 0.2) is 11.4 Å². The summed E-state index contributed by atoms with van der Waals surface area (Å²) < 4.78 is 5.74. The first kappa shape index (κ1) is 14.3. The lowest BCUT2D eigenvalue weighted by Crippen LogP contribution is -2.36. The second-order valence-electron chi connectivity index (χ2n) is 4.87. The van der Waals surface area contributed by atoms with Crippen LogP contribution in [0.2, 0.25) is 0 Å². The third-order valence-electron chi connectivity index (χ3n) is 2.93. The molecule has 1 aromatic heterocycles. The molecule has 0 saturated heterocycles. The lowest BCUT2D eigenvalue weighted by Gasteiger charge is -2.17. The molecule has 0 fully saturated rings. The van der Waals surface area contributed by atoms with E-state index in [2.05, 4.69) is 15.6 Å². The zero-order chi connectivity index (χ0) is 14.4. The lowest BCUT2D eigenvalue weighted by atomic mass is 10.2. The van der Waals surface area contributed by atoms with E-state index in [-0.39, 0.29) is 6.61 Å². The van der Waals surface area contributed by atoms with Crippen molar-refractivity contribution < 1.29 is 9.57 Å². The van der Waals surface area contributed by atoms with Crippen molar-refractivity contribution >= 4 is 10.9 Å². The van der Waals surface area contributed by atoms with Gasteiger partial charge in [-0.3, -0.25) is 0 Å². The fraction of sp³-hybridized carbons (Fsp3) is 0.429. The van der Waals surface area contributed by atoms with Crippen molar-refractivity contribution in [3.63, 3.8) is 0 Å². The van der Waals surface area contributed by atoms with Crippen LogP contribution in [-0.2, 0) is 4.84 Å². The Kier molecular flexibility index (Phi) is 4.95. The predicted octanol–water partition coefficient (Wildman–Crippen LogP) is 2.61. The average Bonchev–Trinajstić information content (AvgIpc) is 2.90. The molecule has 2 rings (SSSR count). The number of nitrogens with zero attached hydrogens (tertiary/aromatic N) is 1. The largest absolute Gasteiger partial charge is 0.489 e. The van der Waals surface area contributed by atoms with E-state index in [1.165, 1.54) is 0 Å². The van der Waals surface area contributed by atoms with Gasteiger partial charge in [-0.15, -0.1) is 4.91 Å². The van der Waals surface area contributed by atoms with E-state index >= 15 is 0 Å². The van der Waals surface area contributed by atoms with Crippen LogP contribution >= 0.6 is 0 Å². The molecule has 20 heavy (non-hydrogen) atoms.